The Morgan fingerprint density at radius 2 is 1.76 bits per heavy atom. The van der Waals surface area contributed by atoms with Crippen molar-refractivity contribution in [3.05, 3.63) is 0 Å². The summed E-state index contributed by atoms with van der Waals surface area (Å²) in [5.74, 6) is 0.265. The van der Waals surface area contributed by atoms with Crippen molar-refractivity contribution in [2.75, 3.05) is 6.54 Å². The molecular formula is C26H43NO6. The van der Waals surface area contributed by atoms with E-state index in [-0.39, 0.29) is 65.1 Å². The van der Waals surface area contributed by atoms with E-state index >= 15 is 0 Å². The van der Waals surface area contributed by atoms with Gasteiger partial charge in [-0.15, -0.1) is 0 Å². The highest BCUT2D eigenvalue weighted by atomic mass is 16.4. The van der Waals surface area contributed by atoms with E-state index in [0.717, 1.165) is 38.5 Å². The Morgan fingerprint density at radius 3 is 2.45 bits per heavy atom. The lowest BCUT2D eigenvalue weighted by Gasteiger charge is -2.63. The second kappa shape index (κ2) is 9.12. The molecule has 0 spiro atoms. The molecule has 4 aliphatic rings. The van der Waals surface area contributed by atoms with Crippen molar-refractivity contribution in [1.82, 2.24) is 5.32 Å². The summed E-state index contributed by atoms with van der Waals surface area (Å²) in [5, 5.41) is 44.4. The zero-order valence-electron chi connectivity index (χ0n) is 20.4. The zero-order valence-corrected chi connectivity index (χ0v) is 20.4. The number of carboxylic acids is 1. The molecule has 7 nitrogen and oxygen atoms in total. The largest absolute Gasteiger partial charge is 0.480 e. The maximum absolute atomic E-state index is 12.0. The van der Waals surface area contributed by atoms with Crippen LogP contribution in [0.15, 0.2) is 0 Å². The minimum atomic E-state index is -1.04. The molecular weight excluding hydrogens is 422 g/mol. The number of hydrogen-bond acceptors (Lipinski definition) is 5. The van der Waals surface area contributed by atoms with Crippen molar-refractivity contribution in [3.8, 4) is 0 Å². The average molecular weight is 466 g/mol. The van der Waals surface area contributed by atoms with E-state index in [0.29, 0.717) is 25.2 Å². The van der Waals surface area contributed by atoms with Gasteiger partial charge in [0.15, 0.2) is 0 Å². The van der Waals surface area contributed by atoms with Crippen LogP contribution in [0.2, 0.25) is 0 Å². The van der Waals surface area contributed by atoms with Gasteiger partial charge in [-0.25, -0.2) is 0 Å². The Labute approximate surface area is 197 Å². The number of nitrogens with one attached hydrogen (secondary N) is 1. The number of hydrogen-bond donors (Lipinski definition) is 5. The smallest absolute Gasteiger partial charge is 0.322 e. The van der Waals surface area contributed by atoms with E-state index in [1.807, 2.05) is 0 Å². The second-order valence-electron chi connectivity index (χ2n) is 12.2. The highest BCUT2D eigenvalue weighted by Gasteiger charge is 2.65. The molecule has 1 amide bonds. The highest BCUT2D eigenvalue weighted by Crippen LogP contribution is 2.68. The fraction of sp³-hybridized carbons (Fsp3) is 0.923. The first kappa shape index (κ1) is 24.9. The molecule has 4 rings (SSSR count). The number of aliphatic hydroxyl groups is 3. The van der Waals surface area contributed by atoms with Gasteiger partial charge in [0.1, 0.15) is 6.54 Å². The lowest BCUT2D eigenvalue weighted by atomic mass is 9.43. The van der Waals surface area contributed by atoms with Crippen molar-refractivity contribution >= 4 is 11.9 Å². The first-order valence-electron chi connectivity index (χ1n) is 13.0. The third kappa shape index (κ3) is 4.23. The van der Waals surface area contributed by atoms with Crippen LogP contribution in [0.25, 0.3) is 0 Å². The van der Waals surface area contributed by atoms with E-state index in [4.69, 9.17) is 5.11 Å². The molecule has 188 valence electrons. The molecule has 4 aliphatic carbocycles. The van der Waals surface area contributed by atoms with Crippen LogP contribution < -0.4 is 5.32 Å². The van der Waals surface area contributed by atoms with Crippen molar-refractivity contribution in [3.63, 3.8) is 0 Å². The minimum Gasteiger partial charge on any atom is -0.480 e. The number of rotatable bonds is 6. The maximum Gasteiger partial charge on any atom is 0.322 e. The molecule has 33 heavy (non-hydrogen) atoms. The number of carbonyl (C=O) groups excluding carboxylic acids is 1. The molecule has 4 fully saturated rings. The predicted octanol–water partition coefficient (Wildman–Crippen LogP) is 2.56. The first-order chi connectivity index (χ1) is 15.5. The third-order valence-corrected chi connectivity index (χ3v) is 10.8. The summed E-state index contributed by atoms with van der Waals surface area (Å²) in [6.45, 7) is 6.35. The van der Waals surface area contributed by atoms with Crippen LogP contribution in [0, 0.1) is 46.3 Å². The van der Waals surface area contributed by atoms with Crippen molar-refractivity contribution in [2.24, 2.45) is 46.3 Å². The van der Waals surface area contributed by atoms with Gasteiger partial charge in [-0.1, -0.05) is 20.8 Å². The Kier molecular flexibility index (Phi) is 6.89. The summed E-state index contributed by atoms with van der Waals surface area (Å²) in [7, 11) is 0. The number of carboxylic acid groups (broad SMARTS) is 1. The van der Waals surface area contributed by atoms with Crippen LogP contribution in [0.1, 0.15) is 78.6 Å². The Hall–Kier alpha value is -1.18. The third-order valence-electron chi connectivity index (χ3n) is 10.8. The van der Waals surface area contributed by atoms with Gasteiger partial charge in [0.25, 0.3) is 0 Å². The molecule has 0 aromatic carbocycles. The van der Waals surface area contributed by atoms with Crippen LogP contribution in [0.5, 0.6) is 0 Å². The monoisotopic (exact) mass is 465 g/mol. The Morgan fingerprint density at radius 1 is 1.03 bits per heavy atom. The molecule has 7 heteroatoms. The van der Waals surface area contributed by atoms with E-state index in [1.165, 1.54) is 0 Å². The number of fused-ring (bicyclic) bond motifs is 5. The summed E-state index contributed by atoms with van der Waals surface area (Å²) in [4.78, 5) is 22.7. The van der Waals surface area contributed by atoms with Gasteiger partial charge in [0, 0.05) is 6.42 Å². The molecule has 0 bridgehead atoms. The zero-order chi connectivity index (χ0) is 24.1. The van der Waals surface area contributed by atoms with Gasteiger partial charge < -0.3 is 25.7 Å². The van der Waals surface area contributed by atoms with Crippen molar-refractivity contribution in [2.45, 2.75) is 96.9 Å². The lowest BCUT2D eigenvalue weighted by molar-refractivity contribution is -0.207. The highest BCUT2D eigenvalue weighted by molar-refractivity contribution is 5.81. The molecule has 0 unspecified atom stereocenters. The molecule has 11 atom stereocenters. The van der Waals surface area contributed by atoms with E-state index in [1.54, 1.807) is 0 Å². The van der Waals surface area contributed by atoms with Crippen LogP contribution >= 0.6 is 0 Å². The minimum absolute atomic E-state index is 0.0668. The molecule has 0 saturated heterocycles. The molecule has 0 aliphatic heterocycles. The number of amides is 1. The van der Waals surface area contributed by atoms with Crippen LogP contribution in [-0.4, -0.2) is 57.2 Å². The van der Waals surface area contributed by atoms with Crippen LogP contribution in [0.3, 0.4) is 0 Å². The molecule has 4 saturated carbocycles. The topological polar surface area (TPSA) is 127 Å². The molecule has 0 radical (unpaired) electrons. The lowest BCUT2D eigenvalue weighted by Crippen LogP contribution is -2.62. The van der Waals surface area contributed by atoms with Crippen molar-refractivity contribution in [1.29, 1.82) is 0 Å². The number of aliphatic hydroxyl groups excluding tert-OH is 3. The molecule has 0 aromatic rings. The van der Waals surface area contributed by atoms with Crippen molar-refractivity contribution < 1.29 is 30.0 Å². The standard InChI is InChI=1S/C26H43NO6/c1-14(4-7-22(31)27-13-23(32)33)17-5-6-18-24-19(12-21(30)26(17,18)3)25(2)9-8-16(28)10-15(25)11-20(24)29/h14-21,24,28-30H,4-13H2,1-3H3,(H,27,31)(H,32,33)/t14-,15+,16-,17-,18+,19+,20-,21+,24+,25-,26+/m1/s1. The number of carbonyl (C=O) groups is 2. The summed E-state index contributed by atoms with van der Waals surface area (Å²) >= 11 is 0. The van der Waals surface area contributed by atoms with Gasteiger partial charge in [-0.2, -0.15) is 0 Å². The van der Waals surface area contributed by atoms with E-state index < -0.39 is 12.1 Å². The van der Waals surface area contributed by atoms with Gasteiger partial charge in [-0.05, 0) is 97.7 Å². The molecule has 0 heterocycles. The molecule has 5 N–H and O–H groups in total. The normalized spacial score (nSPS) is 47.7. The summed E-state index contributed by atoms with van der Waals surface area (Å²) in [6, 6.07) is 0. The SMILES string of the molecule is C[C@H](CCC(=O)NCC(=O)O)[C@H]1CC[C@H]2[C@@H]3[C@H](O)C[C@@H]4C[C@H](O)CC[C@@]4(C)[C@H]3C[C@H](O)[C@@]12C. The van der Waals surface area contributed by atoms with Gasteiger partial charge in [-0.3, -0.25) is 9.59 Å². The molecule has 0 aromatic heterocycles. The van der Waals surface area contributed by atoms with Gasteiger partial charge in [0.05, 0.1) is 18.3 Å². The van der Waals surface area contributed by atoms with Gasteiger partial charge in [0.2, 0.25) is 5.91 Å². The quantitative estimate of drug-likeness (QED) is 0.410. The van der Waals surface area contributed by atoms with E-state index in [2.05, 4.69) is 26.1 Å². The van der Waals surface area contributed by atoms with Crippen LogP contribution in [0.4, 0.5) is 0 Å². The fourth-order valence-corrected chi connectivity index (χ4v) is 8.95. The predicted molar refractivity (Wildman–Crippen MR) is 123 cm³/mol. The summed E-state index contributed by atoms with van der Waals surface area (Å²) in [5.41, 5.74) is -0.214. The maximum atomic E-state index is 12.0. The Balaban J connectivity index is 1.49. The van der Waals surface area contributed by atoms with E-state index in [9.17, 15) is 24.9 Å². The summed E-state index contributed by atoms with van der Waals surface area (Å²) in [6.07, 6.45) is 5.86. The average Bonchev–Trinajstić information content (AvgIpc) is 3.11. The van der Waals surface area contributed by atoms with Crippen LogP contribution in [-0.2, 0) is 9.59 Å². The fourth-order valence-electron chi connectivity index (χ4n) is 8.95. The second-order valence-corrected chi connectivity index (χ2v) is 12.2. The Bertz CT molecular complexity index is 759. The summed E-state index contributed by atoms with van der Waals surface area (Å²) < 4.78 is 0. The van der Waals surface area contributed by atoms with Gasteiger partial charge >= 0.3 is 5.97 Å². The number of aliphatic carboxylic acids is 1. The first-order valence-corrected chi connectivity index (χ1v) is 13.0.